The Morgan fingerprint density at radius 1 is 1.33 bits per heavy atom. The molecule has 0 saturated carbocycles. The lowest BCUT2D eigenvalue weighted by Crippen LogP contribution is -1.96. The number of fused-ring (bicyclic) bond motifs is 1. The van der Waals surface area contributed by atoms with Crippen LogP contribution >= 0.6 is 0 Å². The van der Waals surface area contributed by atoms with Gasteiger partial charge in [0.25, 0.3) is 0 Å². The minimum atomic E-state index is -0.0203. The maximum Gasteiger partial charge on any atom is 0.231 e. The average Bonchev–Trinajstić information content (AvgIpc) is 2.44. The Bertz CT molecular complexity index is 364. The predicted octanol–water partition coefficient (Wildman–Crippen LogP) is 2.17. The number of rotatable bonds is 0. The maximum atomic E-state index is 11.4. The van der Waals surface area contributed by atoms with E-state index in [1.54, 1.807) is 25.1 Å². The number of hydrogen-bond acceptors (Lipinski definition) is 2. The van der Waals surface area contributed by atoms with Crippen molar-refractivity contribution in [2.75, 3.05) is 0 Å². The van der Waals surface area contributed by atoms with Gasteiger partial charge in [-0.1, -0.05) is 12.1 Å². The van der Waals surface area contributed by atoms with Crippen molar-refractivity contribution >= 4 is 5.78 Å². The zero-order valence-corrected chi connectivity index (χ0v) is 6.70. The Balaban J connectivity index is 2.56. The van der Waals surface area contributed by atoms with Crippen LogP contribution in [0.3, 0.4) is 0 Å². The van der Waals surface area contributed by atoms with Gasteiger partial charge in [-0.05, 0) is 25.1 Å². The van der Waals surface area contributed by atoms with Gasteiger partial charge in [-0.15, -0.1) is 0 Å². The molecule has 1 aliphatic rings. The van der Waals surface area contributed by atoms with Crippen molar-refractivity contribution in [2.45, 2.75) is 6.92 Å². The van der Waals surface area contributed by atoms with E-state index in [-0.39, 0.29) is 5.78 Å². The van der Waals surface area contributed by atoms with Crippen LogP contribution in [0.25, 0.3) is 0 Å². The van der Waals surface area contributed by atoms with E-state index < -0.39 is 0 Å². The van der Waals surface area contributed by atoms with Gasteiger partial charge in [-0.2, -0.15) is 0 Å². The van der Waals surface area contributed by atoms with E-state index in [0.717, 1.165) is 0 Å². The van der Waals surface area contributed by atoms with E-state index in [4.69, 9.17) is 4.74 Å². The first-order chi connectivity index (χ1) is 5.83. The molecule has 0 radical (unpaired) electrons. The van der Waals surface area contributed by atoms with Crippen LogP contribution in [-0.4, -0.2) is 5.78 Å². The zero-order valence-electron chi connectivity index (χ0n) is 6.70. The number of benzene rings is 1. The summed E-state index contributed by atoms with van der Waals surface area (Å²) in [6.07, 6.45) is 1.68. The third kappa shape index (κ3) is 0.848. The van der Waals surface area contributed by atoms with E-state index in [1.807, 2.05) is 12.1 Å². The molecule has 1 heterocycles. The third-order valence-electron chi connectivity index (χ3n) is 1.84. The molecule has 0 aliphatic carbocycles. The lowest BCUT2D eigenvalue weighted by Gasteiger charge is -1.93. The molecule has 0 amide bonds. The molecular formula is C10H8O2. The second kappa shape index (κ2) is 2.48. The fourth-order valence-corrected chi connectivity index (χ4v) is 1.23. The van der Waals surface area contributed by atoms with E-state index >= 15 is 0 Å². The molecule has 2 heteroatoms. The molecule has 1 aromatic rings. The normalized spacial score (nSPS) is 17.8. The molecule has 0 fully saturated rings. The van der Waals surface area contributed by atoms with Gasteiger partial charge in [0.1, 0.15) is 5.75 Å². The van der Waals surface area contributed by atoms with Crippen LogP contribution in [0.5, 0.6) is 5.75 Å². The molecule has 0 spiro atoms. The number of allylic oxidation sites excluding steroid dienone is 2. The largest absolute Gasteiger partial charge is 0.453 e. The molecule has 0 aromatic heterocycles. The summed E-state index contributed by atoms with van der Waals surface area (Å²) in [7, 11) is 0. The van der Waals surface area contributed by atoms with Crippen LogP contribution in [0.2, 0.25) is 0 Å². The first-order valence-corrected chi connectivity index (χ1v) is 3.81. The van der Waals surface area contributed by atoms with Crippen molar-refractivity contribution in [1.82, 2.24) is 0 Å². The second-order valence-electron chi connectivity index (χ2n) is 2.58. The average molecular weight is 160 g/mol. The number of ketones is 1. The standard InChI is InChI=1S/C10H8O2/c1-2-8-10(11)7-5-3-4-6-9(7)12-8/h2-6H,1H3/b8-2+. The Labute approximate surface area is 70.5 Å². The quantitative estimate of drug-likeness (QED) is 0.543. The summed E-state index contributed by atoms with van der Waals surface area (Å²) in [5.74, 6) is 1.07. The Morgan fingerprint density at radius 3 is 2.75 bits per heavy atom. The van der Waals surface area contributed by atoms with Crippen LogP contribution < -0.4 is 4.74 Å². The molecule has 1 aromatic carbocycles. The highest BCUT2D eigenvalue weighted by molar-refractivity contribution is 6.12. The van der Waals surface area contributed by atoms with Crippen molar-refractivity contribution in [1.29, 1.82) is 0 Å². The Hall–Kier alpha value is -1.57. The molecule has 0 unspecified atom stereocenters. The summed E-state index contributed by atoms with van der Waals surface area (Å²) in [6.45, 7) is 1.79. The lowest BCUT2D eigenvalue weighted by molar-refractivity contribution is 0.101. The molecule has 1 aliphatic heterocycles. The van der Waals surface area contributed by atoms with Crippen molar-refractivity contribution < 1.29 is 9.53 Å². The molecule has 0 bridgehead atoms. The van der Waals surface area contributed by atoms with Crippen LogP contribution in [0.1, 0.15) is 17.3 Å². The molecule has 2 nitrogen and oxygen atoms in total. The minimum Gasteiger partial charge on any atom is -0.453 e. The summed E-state index contributed by atoms with van der Waals surface area (Å²) < 4.78 is 5.28. The lowest BCUT2D eigenvalue weighted by atomic mass is 10.1. The highest BCUT2D eigenvalue weighted by Gasteiger charge is 2.25. The summed E-state index contributed by atoms with van der Waals surface area (Å²) in [6, 6.07) is 7.25. The van der Waals surface area contributed by atoms with Gasteiger partial charge < -0.3 is 4.74 Å². The first-order valence-electron chi connectivity index (χ1n) is 3.81. The van der Waals surface area contributed by atoms with Crippen molar-refractivity contribution in [3.63, 3.8) is 0 Å². The minimum absolute atomic E-state index is 0.0203. The number of carbonyl (C=O) groups is 1. The molecule has 0 atom stereocenters. The maximum absolute atomic E-state index is 11.4. The molecule has 0 saturated heterocycles. The number of Topliss-reactive ketones (excluding diaryl/α,β-unsaturated/α-hetero) is 1. The van der Waals surface area contributed by atoms with Crippen LogP contribution in [-0.2, 0) is 0 Å². The highest BCUT2D eigenvalue weighted by Crippen LogP contribution is 2.29. The highest BCUT2D eigenvalue weighted by atomic mass is 16.5. The Morgan fingerprint density at radius 2 is 2.08 bits per heavy atom. The van der Waals surface area contributed by atoms with Gasteiger partial charge in [0, 0.05) is 0 Å². The van der Waals surface area contributed by atoms with Crippen molar-refractivity contribution in [3.05, 3.63) is 41.7 Å². The van der Waals surface area contributed by atoms with Crippen LogP contribution in [0, 0.1) is 0 Å². The predicted molar refractivity (Wildman–Crippen MR) is 45.2 cm³/mol. The molecule has 60 valence electrons. The smallest absolute Gasteiger partial charge is 0.231 e. The van der Waals surface area contributed by atoms with Gasteiger partial charge in [0.2, 0.25) is 5.78 Å². The third-order valence-corrected chi connectivity index (χ3v) is 1.84. The molecular weight excluding hydrogens is 152 g/mol. The summed E-state index contributed by atoms with van der Waals surface area (Å²) in [5, 5.41) is 0. The van der Waals surface area contributed by atoms with Gasteiger partial charge in [0.15, 0.2) is 5.76 Å². The van der Waals surface area contributed by atoms with E-state index in [1.165, 1.54) is 0 Å². The second-order valence-corrected chi connectivity index (χ2v) is 2.58. The van der Waals surface area contributed by atoms with E-state index in [0.29, 0.717) is 17.1 Å². The molecule has 12 heavy (non-hydrogen) atoms. The van der Waals surface area contributed by atoms with Crippen LogP contribution in [0.15, 0.2) is 36.1 Å². The van der Waals surface area contributed by atoms with Gasteiger partial charge in [-0.25, -0.2) is 0 Å². The SMILES string of the molecule is C/C=C1/Oc2ccccc2C1=O. The topological polar surface area (TPSA) is 26.3 Å². The van der Waals surface area contributed by atoms with Gasteiger partial charge in [-0.3, -0.25) is 4.79 Å². The van der Waals surface area contributed by atoms with Gasteiger partial charge in [0.05, 0.1) is 5.56 Å². The number of hydrogen-bond donors (Lipinski definition) is 0. The van der Waals surface area contributed by atoms with E-state index in [9.17, 15) is 4.79 Å². The monoisotopic (exact) mass is 160 g/mol. The van der Waals surface area contributed by atoms with Crippen molar-refractivity contribution in [2.24, 2.45) is 0 Å². The molecule has 0 N–H and O–H groups in total. The summed E-state index contributed by atoms with van der Waals surface area (Å²) in [4.78, 5) is 11.4. The Kier molecular flexibility index (Phi) is 1.47. The van der Waals surface area contributed by atoms with Crippen LogP contribution in [0.4, 0.5) is 0 Å². The summed E-state index contributed by atoms with van der Waals surface area (Å²) >= 11 is 0. The summed E-state index contributed by atoms with van der Waals surface area (Å²) in [5.41, 5.74) is 0.658. The number of ether oxygens (including phenoxy) is 1. The fraction of sp³-hybridized carbons (Fsp3) is 0.100. The van der Waals surface area contributed by atoms with E-state index in [2.05, 4.69) is 0 Å². The zero-order chi connectivity index (χ0) is 8.55. The first kappa shape index (κ1) is 7.10. The van der Waals surface area contributed by atoms with Crippen molar-refractivity contribution in [3.8, 4) is 5.75 Å². The number of para-hydroxylation sites is 1. The number of carbonyl (C=O) groups excluding carboxylic acids is 1. The fourth-order valence-electron chi connectivity index (χ4n) is 1.23. The molecule has 2 rings (SSSR count). The van der Waals surface area contributed by atoms with Gasteiger partial charge >= 0.3 is 0 Å².